The molecule has 0 radical (unpaired) electrons. The van der Waals surface area contributed by atoms with Gasteiger partial charge in [0.15, 0.2) is 0 Å². The Morgan fingerprint density at radius 2 is 0.444 bits per heavy atom. The molecule has 0 aromatic carbocycles. The van der Waals surface area contributed by atoms with Crippen LogP contribution in [0.2, 0.25) is 0 Å². The summed E-state index contributed by atoms with van der Waals surface area (Å²) in [7, 11) is 0. The molecule has 0 aliphatic carbocycles. The summed E-state index contributed by atoms with van der Waals surface area (Å²) >= 11 is 0. The van der Waals surface area contributed by atoms with Gasteiger partial charge in [0.25, 0.3) is 0 Å². The average molecular weight is 326 g/mol. The van der Waals surface area contributed by atoms with E-state index < -0.39 is 0 Å². The maximum absolute atomic E-state index is 0. The van der Waals surface area contributed by atoms with Crippen molar-refractivity contribution in [3.8, 4) is 0 Å². The first-order valence-corrected chi connectivity index (χ1v) is 0. The third-order valence-corrected chi connectivity index (χ3v) is 0. The predicted octanol–water partition coefficient (Wildman–Crippen LogP) is -3.37. The second-order valence-corrected chi connectivity index (χ2v) is 0. The Hall–Kier alpha value is 2.92. The molecule has 0 N–H and O–H groups in total. The fraction of sp³-hybridized carbons (Fsp3) is 0. The number of rotatable bonds is 0. The van der Waals surface area contributed by atoms with Gasteiger partial charge in [-0.25, -0.2) is 0 Å². The molecule has 0 aromatic rings. The van der Waals surface area contributed by atoms with Crippen LogP contribution in [-0.4, -0.2) is 70.6 Å². The van der Waals surface area contributed by atoms with Crippen LogP contribution in [0, 0.1) is 0 Å². The SMILES string of the molecule is P.P.[Al+3].[Al+3].[AsH3].[AsH3].[O-2].[O-2].[O-2]. The summed E-state index contributed by atoms with van der Waals surface area (Å²) in [6.45, 7) is 0. The zero-order valence-corrected chi connectivity index (χ0v) is 16.3. The summed E-state index contributed by atoms with van der Waals surface area (Å²) in [4.78, 5) is 0. The summed E-state index contributed by atoms with van der Waals surface area (Å²) < 4.78 is 0. The summed E-state index contributed by atoms with van der Waals surface area (Å²) in [6, 6.07) is 0. The van der Waals surface area contributed by atoms with Crippen molar-refractivity contribution in [2.75, 3.05) is 0 Å². The molecule has 4 unspecified atom stereocenters. The van der Waals surface area contributed by atoms with Crippen LogP contribution in [0.4, 0.5) is 0 Å². The van der Waals surface area contributed by atoms with Gasteiger partial charge in [-0.15, -0.1) is 0 Å². The molecule has 0 aliphatic heterocycles. The van der Waals surface area contributed by atoms with Crippen LogP contribution in [-0.2, 0) is 16.4 Å². The smallest absolute Gasteiger partial charge is 2.00 e. The minimum Gasteiger partial charge on any atom is -2.00 e. The van der Waals surface area contributed by atoms with Crippen LogP contribution in [0.25, 0.3) is 0 Å². The van der Waals surface area contributed by atoms with Crippen molar-refractivity contribution in [1.82, 2.24) is 0 Å². The second kappa shape index (κ2) is 126. The Morgan fingerprint density at radius 1 is 0.444 bits per heavy atom. The van der Waals surface area contributed by atoms with Gasteiger partial charge in [0.1, 0.15) is 0 Å². The van der Waals surface area contributed by atoms with Crippen molar-refractivity contribution in [3.63, 3.8) is 0 Å². The van der Waals surface area contributed by atoms with E-state index in [0.29, 0.717) is 0 Å². The molecule has 56 valence electrons. The minimum absolute atomic E-state index is 0. The fourth-order valence-electron chi connectivity index (χ4n) is 0. The van der Waals surface area contributed by atoms with Crippen LogP contribution >= 0.6 is 19.8 Å². The molecular weight excluding hydrogens is 314 g/mol. The van der Waals surface area contributed by atoms with E-state index in [2.05, 4.69) is 0 Å². The van der Waals surface area contributed by atoms with E-state index in [4.69, 9.17) is 0 Å². The Morgan fingerprint density at radius 3 is 0.444 bits per heavy atom. The normalized spacial score (nSPS) is 0. The fourth-order valence-corrected chi connectivity index (χ4v) is 0. The molecular formula is H12Al2As2O3P2. The molecule has 0 bridgehead atoms. The molecule has 0 heterocycles. The first-order chi connectivity index (χ1) is 0. The molecule has 0 rings (SSSR count). The predicted molar refractivity (Wildman–Crippen MR) is 55.7 cm³/mol. The minimum atomic E-state index is 0. The standard InChI is InChI=1S/2Al.2AsH3.3O.2H3P/h;;2*1H3;;;;2*1H3/q2*+3;;;3*-2;;. The molecule has 0 aliphatic rings. The molecule has 9 heavy (non-hydrogen) atoms. The Bertz CT molecular complexity index is 17.8. The van der Waals surface area contributed by atoms with E-state index in [0.717, 1.165) is 0 Å². The van der Waals surface area contributed by atoms with Gasteiger partial charge in [0.05, 0.1) is 0 Å². The van der Waals surface area contributed by atoms with Crippen LogP contribution in [0.5, 0.6) is 0 Å². The summed E-state index contributed by atoms with van der Waals surface area (Å²) in [5, 5.41) is 0. The van der Waals surface area contributed by atoms with Gasteiger partial charge in [-0.1, -0.05) is 0 Å². The molecule has 4 atom stereocenters. The molecule has 0 saturated heterocycles. The Kier molecular flexibility index (Phi) is 2330. The van der Waals surface area contributed by atoms with Gasteiger partial charge in [0.2, 0.25) is 0 Å². The molecule has 0 saturated carbocycles. The quantitative estimate of drug-likeness (QED) is 0.329. The molecule has 0 fully saturated rings. The monoisotopic (exact) mass is 326 g/mol. The largest absolute Gasteiger partial charge is 2.00 e. The Balaban J connectivity index is 0. The molecule has 0 amide bonds. The van der Waals surface area contributed by atoms with Gasteiger partial charge in [-0.2, -0.15) is 19.8 Å². The van der Waals surface area contributed by atoms with Gasteiger partial charge in [-0.05, 0) is 0 Å². The van der Waals surface area contributed by atoms with Crippen LogP contribution in [0.3, 0.4) is 0 Å². The molecule has 3 nitrogen and oxygen atoms in total. The van der Waals surface area contributed by atoms with Crippen LogP contribution < -0.4 is 0 Å². The molecule has 9 heteroatoms. The van der Waals surface area contributed by atoms with Crippen molar-refractivity contribution < 1.29 is 16.4 Å². The van der Waals surface area contributed by atoms with E-state index in [1.165, 1.54) is 0 Å². The van der Waals surface area contributed by atoms with Crippen molar-refractivity contribution in [1.29, 1.82) is 0 Å². The third-order valence-electron chi connectivity index (χ3n) is 0. The second-order valence-electron chi connectivity index (χ2n) is 0. The maximum Gasteiger partial charge on any atom is -2.00 e. The van der Waals surface area contributed by atoms with Gasteiger partial charge >= 0.3 is 70.6 Å². The van der Waals surface area contributed by atoms with Crippen molar-refractivity contribution in [2.45, 2.75) is 0 Å². The number of hydrogen-bond donors (Lipinski definition) is 0. The van der Waals surface area contributed by atoms with Crippen molar-refractivity contribution >= 4 is 90.4 Å². The summed E-state index contributed by atoms with van der Waals surface area (Å²) in [6.07, 6.45) is 0. The summed E-state index contributed by atoms with van der Waals surface area (Å²) in [5.74, 6) is 0. The van der Waals surface area contributed by atoms with E-state index in [1.54, 1.807) is 0 Å². The molecule has 0 aromatic heterocycles. The van der Waals surface area contributed by atoms with Crippen LogP contribution in [0.1, 0.15) is 0 Å². The van der Waals surface area contributed by atoms with Gasteiger partial charge < -0.3 is 16.4 Å². The van der Waals surface area contributed by atoms with Crippen molar-refractivity contribution in [3.05, 3.63) is 0 Å². The topological polar surface area (TPSA) is 85.5 Å². The van der Waals surface area contributed by atoms with E-state index in [-0.39, 0.29) is 107 Å². The van der Waals surface area contributed by atoms with Gasteiger partial charge in [0, 0.05) is 0 Å². The Labute approximate surface area is 106 Å². The average Bonchev–Trinajstić information content (AvgIpc) is 0. The third kappa shape index (κ3) is 102. The van der Waals surface area contributed by atoms with Crippen LogP contribution in [0.15, 0.2) is 0 Å². The first kappa shape index (κ1) is 167. The zero-order chi connectivity index (χ0) is 0. The maximum atomic E-state index is 0. The van der Waals surface area contributed by atoms with E-state index in [9.17, 15) is 0 Å². The first-order valence-electron chi connectivity index (χ1n) is 0. The van der Waals surface area contributed by atoms with Crippen molar-refractivity contribution in [2.24, 2.45) is 0 Å². The zero-order valence-electron chi connectivity index (χ0n) is 5.21. The van der Waals surface area contributed by atoms with E-state index >= 15 is 0 Å². The molecule has 0 spiro atoms. The van der Waals surface area contributed by atoms with Gasteiger partial charge in [-0.3, -0.25) is 0 Å². The summed E-state index contributed by atoms with van der Waals surface area (Å²) in [5.41, 5.74) is 0. The van der Waals surface area contributed by atoms with E-state index in [1.807, 2.05) is 0 Å². The number of hydrogen-bond acceptors (Lipinski definition) is 0.